The van der Waals surface area contributed by atoms with Crippen molar-refractivity contribution >= 4 is 34.4 Å². The molecule has 3 aromatic rings. The number of benzene rings is 1. The summed E-state index contributed by atoms with van der Waals surface area (Å²) in [5.41, 5.74) is 3.07. The van der Waals surface area contributed by atoms with Crippen LogP contribution in [0.5, 0.6) is 0 Å². The minimum atomic E-state index is -0.187. The number of nitrogens with one attached hydrogen (secondary N) is 2. The molecule has 1 fully saturated rings. The Morgan fingerprint density at radius 2 is 2.07 bits per heavy atom. The Morgan fingerprint density at radius 1 is 1.29 bits per heavy atom. The smallest absolute Gasteiger partial charge is 0.255 e. The van der Waals surface area contributed by atoms with Gasteiger partial charge in [-0.15, -0.1) is 0 Å². The van der Waals surface area contributed by atoms with Crippen LogP contribution in [-0.2, 0) is 6.42 Å². The fourth-order valence-corrected chi connectivity index (χ4v) is 3.41. The number of halogens is 1. The second-order valence-electron chi connectivity index (χ2n) is 7.71. The molecule has 28 heavy (non-hydrogen) atoms. The zero-order valence-electron chi connectivity index (χ0n) is 16.2. The summed E-state index contributed by atoms with van der Waals surface area (Å²) in [5, 5.41) is 7.79. The van der Waals surface area contributed by atoms with Crippen molar-refractivity contribution in [3.05, 3.63) is 52.0 Å². The first-order valence-electron chi connectivity index (χ1n) is 9.42. The quantitative estimate of drug-likeness (QED) is 0.642. The number of furan rings is 1. The number of nitrogens with zero attached hydrogens (tertiary/aromatic N) is 2. The van der Waals surface area contributed by atoms with Crippen LogP contribution in [0, 0.1) is 13.8 Å². The van der Waals surface area contributed by atoms with Crippen molar-refractivity contribution < 1.29 is 9.21 Å². The predicted molar refractivity (Wildman–Crippen MR) is 110 cm³/mol. The van der Waals surface area contributed by atoms with Gasteiger partial charge in [0.05, 0.1) is 10.9 Å². The highest BCUT2D eigenvalue weighted by Gasteiger charge is 2.38. The van der Waals surface area contributed by atoms with Gasteiger partial charge in [0.25, 0.3) is 5.91 Å². The first-order valence-corrected chi connectivity index (χ1v) is 9.80. The molecule has 2 N–H and O–H groups in total. The van der Waals surface area contributed by atoms with E-state index in [-0.39, 0.29) is 11.4 Å². The van der Waals surface area contributed by atoms with Crippen LogP contribution in [0.3, 0.4) is 0 Å². The molecule has 0 bridgehead atoms. The normalized spacial score (nSPS) is 14.9. The van der Waals surface area contributed by atoms with Crippen LogP contribution in [0.4, 0.5) is 5.82 Å². The molecule has 1 saturated carbocycles. The predicted octanol–water partition coefficient (Wildman–Crippen LogP) is 4.43. The number of carbonyl (C=O) groups is 1. The Balaban J connectivity index is 1.53. The van der Waals surface area contributed by atoms with Gasteiger partial charge in [-0.2, -0.15) is 0 Å². The fourth-order valence-electron chi connectivity index (χ4n) is 3.21. The summed E-state index contributed by atoms with van der Waals surface area (Å²) in [5.74, 6) is 1.00. The lowest BCUT2D eigenvalue weighted by atomic mass is 10.1. The lowest BCUT2D eigenvalue weighted by Crippen LogP contribution is -2.26. The molecule has 0 unspecified atom stereocenters. The minimum absolute atomic E-state index is 0.0327. The van der Waals surface area contributed by atoms with Crippen molar-refractivity contribution in [1.29, 1.82) is 0 Å². The third-order valence-electron chi connectivity index (χ3n) is 5.25. The van der Waals surface area contributed by atoms with Crippen molar-refractivity contribution in [3.63, 3.8) is 0 Å². The highest BCUT2D eigenvalue weighted by molar-refractivity contribution is 6.31. The topological polar surface area (TPSA) is 80.1 Å². The van der Waals surface area contributed by atoms with E-state index in [2.05, 4.69) is 27.5 Å². The third kappa shape index (κ3) is 3.69. The van der Waals surface area contributed by atoms with Crippen LogP contribution in [-0.4, -0.2) is 28.0 Å². The van der Waals surface area contributed by atoms with Gasteiger partial charge in [-0.3, -0.25) is 4.79 Å². The third-order valence-corrected chi connectivity index (χ3v) is 5.65. The van der Waals surface area contributed by atoms with E-state index in [4.69, 9.17) is 16.0 Å². The van der Waals surface area contributed by atoms with Gasteiger partial charge in [0, 0.05) is 17.1 Å². The molecular formula is C21H23ClN4O2. The van der Waals surface area contributed by atoms with Gasteiger partial charge in [-0.1, -0.05) is 23.7 Å². The van der Waals surface area contributed by atoms with E-state index in [1.807, 2.05) is 25.1 Å². The molecule has 2 heterocycles. The van der Waals surface area contributed by atoms with E-state index < -0.39 is 0 Å². The van der Waals surface area contributed by atoms with E-state index in [0.29, 0.717) is 41.2 Å². The van der Waals surface area contributed by atoms with E-state index in [9.17, 15) is 4.79 Å². The molecule has 146 valence electrons. The molecule has 6 nitrogen and oxygen atoms in total. The molecule has 2 aromatic heterocycles. The fraction of sp³-hybridized carbons (Fsp3) is 0.381. The van der Waals surface area contributed by atoms with Gasteiger partial charge in [0.15, 0.2) is 0 Å². The largest absolute Gasteiger partial charge is 0.442 e. The van der Waals surface area contributed by atoms with Crippen molar-refractivity contribution in [3.8, 4) is 0 Å². The standard InChI is InChI=1S/C21H23ClN4O2/c1-12-4-5-14(10-15(12)22)6-9-23-19(27)16-13(2)28-20-17(16)18(24-11-25-20)26-21(3)7-8-21/h4-5,10-11H,6-9H2,1-3H3,(H,23,27)(H,24,25,26). The number of hydrogen-bond acceptors (Lipinski definition) is 5. The number of amides is 1. The monoisotopic (exact) mass is 398 g/mol. The van der Waals surface area contributed by atoms with Crippen molar-refractivity contribution in [1.82, 2.24) is 15.3 Å². The van der Waals surface area contributed by atoms with E-state index in [0.717, 1.165) is 29.0 Å². The first-order chi connectivity index (χ1) is 13.4. The maximum absolute atomic E-state index is 12.9. The molecule has 0 aliphatic heterocycles. The van der Waals surface area contributed by atoms with Crippen LogP contribution >= 0.6 is 11.6 Å². The number of aryl methyl sites for hydroxylation is 2. The number of anilines is 1. The molecule has 0 atom stereocenters. The molecule has 1 aliphatic carbocycles. The van der Waals surface area contributed by atoms with Crippen LogP contribution in [0.15, 0.2) is 28.9 Å². The van der Waals surface area contributed by atoms with E-state index in [1.54, 1.807) is 6.92 Å². The zero-order chi connectivity index (χ0) is 19.9. The van der Waals surface area contributed by atoms with Crippen LogP contribution < -0.4 is 10.6 Å². The van der Waals surface area contributed by atoms with Gasteiger partial charge in [0.1, 0.15) is 17.9 Å². The Labute approximate surface area is 168 Å². The summed E-state index contributed by atoms with van der Waals surface area (Å²) in [6, 6.07) is 5.95. The van der Waals surface area contributed by atoms with Crippen LogP contribution in [0.1, 0.15) is 47.0 Å². The Morgan fingerprint density at radius 3 is 2.79 bits per heavy atom. The lowest BCUT2D eigenvalue weighted by Gasteiger charge is -2.13. The number of rotatable bonds is 6. The summed E-state index contributed by atoms with van der Waals surface area (Å²) in [6.45, 7) is 6.38. The summed E-state index contributed by atoms with van der Waals surface area (Å²) in [7, 11) is 0. The molecule has 4 rings (SSSR count). The van der Waals surface area contributed by atoms with Gasteiger partial charge in [-0.05, 0) is 57.2 Å². The Kier molecular flexibility index (Phi) is 4.75. The van der Waals surface area contributed by atoms with Gasteiger partial charge in [0.2, 0.25) is 5.71 Å². The number of hydrogen-bond donors (Lipinski definition) is 2. The summed E-state index contributed by atoms with van der Waals surface area (Å²) >= 11 is 6.18. The summed E-state index contributed by atoms with van der Waals surface area (Å²) < 4.78 is 5.72. The van der Waals surface area contributed by atoms with E-state index in [1.165, 1.54) is 6.33 Å². The molecule has 7 heteroatoms. The number of fused-ring (bicyclic) bond motifs is 1. The maximum Gasteiger partial charge on any atom is 0.255 e. The van der Waals surface area contributed by atoms with Crippen molar-refractivity contribution in [2.45, 2.75) is 45.6 Å². The molecule has 0 spiro atoms. The van der Waals surface area contributed by atoms with E-state index >= 15 is 0 Å². The van der Waals surface area contributed by atoms with Crippen LogP contribution in [0.25, 0.3) is 11.1 Å². The highest BCUT2D eigenvalue weighted by atomic mass is 35.5. The average molecular weight is 399 g/mol. The van der Waals surface area contributed by atoms with Gasteiger partial charge >= 0.3 is 0 Å². The van der Waals surface area contributed by atoms with Crippen molar-refractivity contribution in [2.75, 3.05) is 11.9 Å². The van der Waals surface area contributed by atoms with Gasteiger partial charge < -0.3 is 15.1 Å². The molecule has 0 saturated heterocycles. The minimum Gasteiger partial charge on any atom is -0.442 e. The molecule has 1 amide bonds. The van der Waals surface area contributed by atoms with Gasteiger partial charge in [-0.25, -0.2) is 9.97 Å². The summed E-state index contributed by atoms with van der Waals surface area (Å²) in [6.07, 6.45) is 4.31. The SMILES string of the molecule is Cc1ccc(CCNC(=O)c2c(C)oc3ncnc(NC4(C)CC4)c23)cc1Cl. The molecule has 0 radical (unpaired) electrons. The first kappa shape index (κ1) is 18.7. The molecular weight excluding hydrogens is 376 g/mol. The molecule has 1 aromatic carbocycles. The lowest BCUT2D eigenvalue weighted by molar-refractivity contribution is 0.0954. The molecule has 1 aliphatic rings. The Hall–Kier alpha value is -2.60. The number of aromatic nitrogens is 2. The summed E-state index contributed by atoms with van der Waals surface area (Å²) in [4.78, 5) is 21.5. The maximum atomic E-state index is 12.9. The Bertz CT molecular complexity index is 1060. The average Bonchev–Trinajstić information content (AvgIpc) is 3.26. The van der Waals surface area contributed by atoms with Crippen LogP contribution in [0.2, 0.25) is 5.02 Å². The number of carbonyl (C=O) groups excluding carboxylic acids is 1. The second kappa shape index (κ2) is 7.09. The second-order valence-corrected chi connectivity index (χ2v) is 8.12. The zero-order valence-corrected chi connectivity index (χ0v) is 17.0. The van der Waals surface area contributed by atoms with Crippen molar-refractivity contribution in [2.24, 2.45) is 0 Å². The highest BCUT2D eigenvalue weighted by Crippen LogP contribution is 2.40.